The van der Waals surface area contributed by atoms with Gasteiger partial charge in [-0.25, -0.2) is 0 Å². The van der Waals surface area contributed by atoms with Crippen LogP contribution in [0.15, 0.2) is 29.3 Å². The van der Waals surface area contributed by atoms with E-state index in [1.54, 1.807) is 11.8 Å². The van der Waals surface area contributed by atoms with E-state index >= 15 is 0 Å². The fourth-order valence-electron chi connectivity index (χ4n) is 1.60. The molecule has 1 fully saturated rings. The molecule has 1 aromatic carbocycles. The third-order valence-electron chi connectivity index (χ3n) is 2.65. The molecule has 0 spiro atoms. The van der Waals surface area contributed by atoms with Crippen LogP contribution < -0.4 is 5.32 Å². The van der Waals surface area contributed by atoms with Crippen LogP contribution in [0.3, 0.4) is 0 Å². The van der Waals surface area contributed by atoms with Gasteiger partial charge in [-0.1, -0.05) is 23.9 Å². The van der Waals surface area contributed by atoms with Gasteiger partial charge in [-0.2, -0.15) is 5.26 Å². The highest BCUT2D eigenvalue weighted by molar-refractivity contribution is 8.13. The van der Waals surface area contributed by atoms with Crippen LogP contribution in [0.4, 0.5) is 0 Å². The minimum absolute atomic E-state index is 0.524. The highest BCUT2D eigenvalue weighted by atomic mass is 32.2. The summed E-state index contributed by atoms with van der Waals surface area (Å²) in [4.78, 5) is 4.54. The van der Waals surface area contributed by atoms with Crippen molar-refractivity contribution in [2.45, 2.75) is 25.9 Å². The van der Waals surface area contributed by atoms with E-state index in [-0.39, 0.29) is 0 Å². The van der Waals surface area contributed by atoms with Crippen LogP contribution in [0.5, 0.6) is 0 Å². The highest BCUT2D eigenvalue weighted by Crippen LogP contribution is 2.14. The number of nitrogens with one attached hydrogen (secondary N) is 1. The van der Waals surface area contributed by atoms with Gasteiger partial charge < -0.3 is 5.32 Å². The first-order chi connectivity index (χ1) is 8.28. The lowest BCUT2D eigenvalue weighted by molar-refractivity contribution is 0.642. The SMILES string of the molecule is CC1CCSC(=NCc2ccc(C#N)cc2)N1. The average Bonchev–Trinajstić information content (AvgIpc) is 2.37. The first-order valence-corrected chi connectivity index (χ1v) is 6.69. The molecule has 0 aliphatic carbocycles. The lowest BCUT2D eigenvalue weighted by Gasteiger charge is -2.21. The Morgan fingerprint density at radius 2 is 2.24 bits per heavy atom. The summed E-state index contributed by atoms with van der Waals surface area (Å²) >= 11 is 1.78. The monoisotopic (exact) mass is 245 g/mol. The third kappa shape index (κ3) is 3.50. The molecule has 1 unspecified atom stereocenters. The van der Waals surface area contributed by atoms with Crippen LogP contribution in [0.2, 0.25) is 0 Å². The Hall–Kier alpha value is -1.47. The van der Waals surface area contributed by atoms with E-state index in [1.165, 1.54) is 6.42 Å². The quantitative estimate of drug-likeness (QED) is 0.871. The van der Waals surface area contributed by atoms with Crippen molar-refractivity contribution in [2.24, 2.45) is 4.99 Å². The molecule has 1 aliphatic rings. The molecule has 1 N–H and O–H groups in total. The van der Waals surface area contributed by atoms with Gasteiger partial charge in [0.25, 0.3) is 0 Å². The molecule has 0 radical (unpaired) electrons. The van der Waals surface area contributed by atoms with E-state index in [9.17, 15) is 0 Å². The van der Waals surface area contributed by atoms with Crippen LogP contribution >= 0.6 is 11.8 Å². The molecule has 0 amide bonds. The molecule has 0 aromatic heterocycles. The molecule has 4 heteroatoms. The van der Waals surface area contributed by atoms with Gasteiger partial charge in [0.2, 0.25) is 0 Å². The van der Waals surface area contributed by atoms with E-state index in [1.807, 2.05) is 24.3 Å². The predicted molar refractivity (Wildman–Crippen MR) is 72.0 cm³/mol. The Bertz CT molecular complexity index is 445. The zero-order valence-electron chi connectivity index (χ0n) is 9.81. The maximum absolute atomic E-state index is 8.70. The molecule has 1 aliphatic heterocycles. The molecule has 17 heavy (non-hydrogen) atoms. The summed E-state index contributed by atoms with van der Waals surface area (Å²) in [5.41, 5.74) is 1.83. The zero-order chi connectivity index (χ0) is 12.1. The number of amidine groups is 1. The Labute approximate surface area is 106 Å². The van der Waals surface area contributed by atoms with E-state index < -0.39 is 0 Å². The summed E-state index contributed by atoms with van der Waals surface area (Å²) in [7, 11) is 0. The Morgan fingerprint density at radius 1 is 1.47 bits per heavy atom. The third-order valence-corrected chi connectivity index (χ3v) is 3.61. The molecule has 2 rings (SSSR count). The minimum Gasteiger partial charge on any atom is -0.362 e. The largest absolute Gasteiger partial charge is 0.362 e. The first kappa shape index (κ1) is 12.0. The fourth-order valence-corrected chi connectivity index (χ4v) is 2.70. The fraction of sp³-hybridized carbons (Fsp3) is 0.385. The van der Waals surface area contributed by atoms with Crippen molar-refractivity contribution in [1.82, 2.24) is 5.32 Å². The maximum Gasteiger partial charge on any atom is 0.157 e. The van der Waals surface area contributed by atoms with E-state index in [0.717, 1.165) is 16.5 Å². The van der Waals surface area contributed by atoms with Crippen molar-refractivity contribution in [3.8, 4) is 6.07 Å². The van der Waals surface area contributed by atoms with Gasteiger partial charge in [-0.15, -0.1) is 0 Å². The van der Waals surface area contributed by atoms with Crippen molar-refractivity contribution in [3.63, 3.8) is 0 Å². The van der Waals surface area contributed by atoms with Gasteiger partial charge >= 0.3 is 0 Å². The van der Waals surface area contributed by atoms with E-state index in [4.69, 9.17) is 5.26 Å². The normalized spacial score (nSPS) is 21.9. The molecular weight excluding hydrogens is 230 g/mol. The smallest absolute Gasteiger partial charge is 0.157 e. The maximum atomic E-state index is 8.70. The Kier molecular flexibility index (Phi) is 4.05. The summed E-state index contributed by atoms with van der Waals surface area (Å²) in [6.45, 7) is 2.85. The molecule has 1 atom stereocenters. The number of hydrogen-bond acceptors (Lipinski definition) is 3. The van der Waals surface area contributed by atoms with Crippen molar-refractivity contribution in [3.05, 3.63) is 35.4 Å². The molecule has 3 nitrogen and oxygen atoms in total. The van der Waals surface area contributed by atoms with Crippen LogP contribution in [-0.4, -0.2) is 17.0 Å². The molecule has 1 aromatic rings. The van der Waals surface area contributed by atoms with Gasteiger partial charge in [-0.3, -0.25) is 4.99 Å². The molecule has 0 saturated carbocycles. The molecule has 1 saturated heterocycles. The lowest BCUT2D eigenvalue weighted by Crippen LogP contribution is -2.35. The number of hydrogen-bond donors (Lipinski definition) is 1. The van der Waals surface area contributed by atoms with Crippen molar-refractivity contribution in [2.75, 3.05) is 5.75 Å². The molecular formula is C13H15N3S. The second-order valence-electron chi connectivity index (χ2n) is 4.11. The van der Waals surface area contributed by atoms with Gasteiger partial charge in [0.15, 0.2) is 5.17 Å². The Balaban J connectivity index is 1.96. The number of nitrogens with zero attached hydrogens (tertiary/aromatic N) is 2. The number of thioether (sulfide) groups is 1. The summed E-state index contributed by atoms with van der Waals surface area (Å²) < 4.78 is 0. The number of benzene rings is 1. The van der Waals surface area contributed by atoms with Crippen LogP contribution in [0.1, 0.15) is 24.5 Å². The summed E-state index contributed by atoms with van der Waals surface area (Å²) in [6.07, 6.45) is 1.19. The van der Waals surface area contributed by atoms with Gasteiger partial charge in [0, 0.05) is 11.8 Å². The molecule has 1 heterocycles. The first-order valence-electron chi connectivity index (χ1n) is 5.71. The predicted octanol–water partition coefficient (Wildman–Crippen LogP) is 2.53. The van der Waals surface area contributed by atoms with Crippen LogP contribution in [0, 0.1) is 11.3 Å². The van der Waals surface area contributed by atoms with Crippen LogP contribution in [0.25, 0.3) is 0 Å². The molecule has 0 bridgehead atoms. The standard InChI is InChI=1S/C13H15N3S/c1-10-6-7-17-13(16-10)15-9-12-4-2-11(8-14)3-5-12/h2-5,10H,6-7,9H2,1H3,(H,15,16). The number of aliphatic imine (C=N–C) groups is 1. The average molecular weight is 245 g/mol. The molecule has 88 valence electrons. The van der Waals surface area contributed by atoms with Crippen molar-refractivity contribution >= 4 is 16.9 Å². The van der Waals surface area contributed by atoms with Crippen LogP contribution in [-0.2, 0) is 6.54 Å². The summed E-state index contributed by atoms with van der Waals surface area (Å²) in [5, 5.41) is 13.1. The van der Waals surface area contributed by atoms with Gasteiger partial charge in [0.05, 0.1) is 18.2 Å². The topological polar surface area (TPSA) is 48.2 Å². The van der Waals surface area contributed by atoms with Crippen molar-refractivity contribution < 1.29 is 0 Å². The zero-order valence-corrected chi connectivity index (χ0v) is 10.6. The van der Waals surface area contributed by atoms with E-state index in [0.29, 0.717) is 18.2 Å². The second kappa shape index (κ2) is 5.74. The summed E-state index contributed by atoms with van der Waals surface area (Å²) in [5.74, 6) is 1.14. The second-order valence-corrected chi connectivity index (χ2v) is 5.20. The van der Waals surface area contributed by atoms with Gasteiger partial charge in [0.1, 0.15) is 0 Å². The number of nitriles is 1. The van der Waals surface area contributed by atoms with E-state index in [2.05, 4.69) is 23.3 Å². The highest BCUT2D eigenvalue weighted by Gasteiger charge is 2.12. The number of rotatable bonds is 2. The lowest BCUT2D eigenvalue weighted by atomic mass is 10.1. The summed E-state index contributed by atoms with van der Waals surface area (Å²) in [6, 6.07) is 10.2. The van der Waals surface area contributed by atoms with Crippen molar-refractivity contribution in [1.29, 1.82) is 5.26 Å². The Morgan fingerprint density at radius 3 is 2.88 bits per heavy atom. The van der Waals surface area contributed by atoms with Gasteiger partial charge in [-0.05, 0) is 31.0 Å². The minimum atomic E-state index is 0.524.